The number of hydrogen-bond acceptors (Lipinski definition) is 3. The first-order valence-electron chi connectivity index (χ1n) is 6.08. The number of nitrogens with one attached hydrogen (secondary N) is 1. The van der Waals surface area contributed by atoms with E-state index in [1.54, 1.807) is 24.3 Å². The molecule has 0 fully saturated rings. The number of aromatic nitrogens is 2. The van der Waals surface area contributed by atoms with Gasteiger partial charge in [0, 0.05) is 24.1 Å². The molecule has 0 bridgehead atoms. The van der Waals surface area contributed by atoms with Gasteiger partial charge in [0.2, 0.25) is 0 Å². The molecule has 0 unspecified atom stereocenters. The second-order valence-corrected chi connectivity index (χ2v) is 4.92. The standard InChI is InChI=1S/C14H15ClFN3/c1-9(2)14-18-12(15)7-13(19-14)17-8-10-5-3-4-6-11(10)16/h3-7,9H,8H2,1-2H3,(H,17,18,19). The Morgan fingerprint density at radius 1 is 1.26 bits per heavy atom. The highest BCUT2D eigenvalue weighted by Gasteiger charge is 2.07. The van der Waals surface area contributed by atoms with Crippen LogP contribution in [0.1, 0.15) is 31.2 Å². The van der Waals surface area contributed by atoms with Crippen LogP contribution >= 0.6 is 11.6 Å². The van der Waals surface area contributed by atoms with Gasteiger partial charge in [-0.3, -0.25) is 0 Å². The first-order chi connectivity index (χ1) is 9.06. The highest BCUT2D eigenvalue weighted by Crippen LogP contribution is 2.18. The molecule has 0 radical (unpaired) electrons. The fourth-order valence-corrected chi connectivity index (χ4v) is 1.80. The Labute approximate surface area is 116 Å². The van der Waals surface area contributed by atoms with Gasteiger partial charge in [0.15, 0.2) is 0 Å². The molecule has 1 heterocycles. The monoisotopic (exact) mass is 279 g/mol. The van der Waals surface area contributed by atoms with Crippen LogP contribution in [0, 0.1) is 5.82 Å². The summed E-state index contributed by atoms with van der Waals surface area (Å²) in [6.45, 7) is 4.34. The van der Waals surface area contributed by atoms with Gasteiger partial charge in [0.05, 0.1) is 0 Å². The van der Waals surface area contributed by atoms with E-state index in [0.29, 0.717) is 28.9 Å². The lowest BCUT2D eigenvalue weighted by Gasteiger charge is -2.10. The van der Waals surface area contributed by atoms with Crippen molar-refractivity contribution >= 4 is 17.4 Å². The molecule has 5 heteroatoms. The maximum Gasteiger partial charge on any atom is 0.135 e. The summed E-state index contributed by atoms with van der Waals surface area (Å²) >= 11 is 5.94. The van der Waals surface area contributed by atoms with Crippen molar-refractivity contribution in [1.29, 1.82) is 0 Å². The molecule has 0 saturated heterocycles. The van der Waals surface area contributed by atoms with Gasteiger partial charge in [0.1, 0.15) is 22.6 Å². The number of nitrogens with zero attached hydrogens (tertiary/aromatic N) is 2. The Morgan fingerprint density at radius 3 is 2.68 bits per heavy atom. The summed E-state index contributed by atoms with van der Waals surface area (Å²) in [5.41, 5.74) is 0.586. The molecule has 19 heavy (non-hydrogen) atoms. The van der Waals surface area contributed by atoms with Crippen molar-refractivity contribution in [3.05, 3.63) is 52.7 Å². The van der Waals surface area contributed by atoms with Gasteiger partial charge in [-0.1, -0.05) is 43.6 Å². The van der Waals surface area contributed by atoms with Gasteiger partial charge in [-0.05, 0) is 6.07 Å². The Kier molecular flexibility index (Phi) is 4.32. The van der Waals surface area contributed by atoms with Crippen molar-refractivity contribution in [3.8, 4) is 0 Å². The summed E-state index contributed by atoms with van der Waals surface area (Å²) in [4.78, 5) is 8.49. The van der Waals surface area contributed by atoms with Crippen LogP contribution in [0.5, 0.6) is 0 Å². The zero-order valence-electron chi connectivity index (χ0n) is 10.8. The van der Waals surface area contributed by atoms with Gasteiger partial charge in [-0.15, -0.1) is 0 Å². The maximum absolute atomic E-state index is 13.5. The molecular weight excluding hydrogens is 265 g/mol. The average molecular weight is 280 g/mol. The van der Waals surface area contributed by atoms with E-state index in [-0.39, 0.29) is 11.7 Å². The number of hydrogen-bond donors (Lipinski definition) is 1. The van der Waals surface area contributed by atoms with Crippen molar-refractivity contribution in [2.75, 3.05) is 5.32 Å². The lowest BCUT2D eigenvalue weighted by atomic mass is 10.2. The summed E-state index contributed by atoms with van der Waals surface area (Å²) in [5, 5.41) is 3.45. The molecule has 0 aliphatic carbocycles. The molecule has 2 aromatic rings. The van der Waals surface area contributed by atoms with E-state index in [0.717, 1.165) is 0 Å². The Morgan fingerprint density at radius 2 is 2.00 bits per heavy atom. The van der Waals surface area contributed by atoms with E-state index >= 15 is 0 Å². The van der Waals surface area contributed by atoms with Crippen LogP contribution in [0.2, 0.25) is 5.15 Å². The Bertz CT molecular complexity index is 572. The molecule has 0 atom stereocenters. The van der Waals surface area contributed by atoms with E-state index in [9.17, 15) is 4.39 Å². The topological polar surface area (TPSA) is 37.8 Å². The van der Waals surface area contributed by atoms with Crippen LogP contribution < -0.4 is 5.32 Å². The minimum Gasteiger partial charge on any atom is -0.366 e. The van der Waals surface area contributed by atoms with Crippen LogP contribution in [0.4, 0.5) is 10.2 Å². The largest absolute Gasteiger partial charge is 0.366 e. The highest BCUT2D eigenvalue weighted by atomic mass is 35.5. The smallest absolute Gasteiger partial charge is 0.135 e. The van der Waals surface area contributed by atoms with E-state index in [4.69, 9.17) is 11.6 Å². The summed E-state index contributed by atoms with van der Waals surface area (Å²) in [6, 6.07) is 8.26. The molecule has 1 aromatic heterocycles. The zero-order chi connectivity index (χ0) is 13.8. The predicted octanol–water partition coefficient (Wildman–Crippen LogP) is 4.00. The first kappa shape index (κ1) is 13.7. The molecular formula is C14H15ClFN3. The van der Waals surface area contributed by atoms with Crippen molar-refractivity contribution in [2.24, 2.45) is 0 Å². The molecule has 0 aliphatic rings. The summed E-state index contributed by atoms with van der Waals surface area (Å²) < 4.78 is 13.5. The second kappa shape index (κ2) is 5.97. The van der Waals surface area contributed by atoms with Gasteiger partial charge < -0.3 is 5.32 Å². The van der Waals surface area contributed by atoms with Gasteiger partial charge >= 0.3 is 0 Å². The summed E-state index contributed by atoms with van der Waals surface area (Å²) in [7, 11) is 0. The fraction of sp³-hybridized carbons (Fsp3) is 0.286. The van der Waals surface area contributed by atoms with Gasteiger partial charge in [-0.2, -0.15) is 0 Å². The first-order valence-corrected chi connectivity index (χ1v) is 6.46. The lowest BCUT2D eigenvalue weighted by molar-refractivity contribution is 0.613. The van der Waals surface area contributed by atoms with Crippen LogP contribution in [0.25, 0.3) is 0 Å². The van der Waals surface area contributed by atoms with Crippen LogP contribution in [0.3, 0.4) is 0 Å². The Hall–Kier alpha value is -1.68. The van der Waals surface area contributed by atoms with Crippen molar-refractivity contribution in [2.45, 2.75) is 26.3 Å². The second-order valence-electron chi connectivity index (χ2n) is 4.53. The third-order valence-electron chi connectivity index (χ3n) is 2.65. The highest BCUT2D eigenvalue weighted by molar-refractivity contribution is 6.29. The van der Waals surface area contributed by atoms with E-state index in [1.165, 1.54) is 6.07 Å². The molecule has 1 aromatic carbocycles. The van der Waals surface area contributed by atoms with Gasteiger partial charge in [-0.25, -0.2) is 14.4 Å². The average Bonchev–Trinajstić information content (AvgIpc) is 2.37. The third-order valence-corrected chi connectivity index (χ3v) is 2.84. The zero-order valence-corrected chi connectivity index (χ0v) is 11.6. The molecule has 1 N–H and O–H groups in total. The quantitative estimate of drug-likeness (QED) is 0.860. The number of halogens is 2. The predicted molar refractivity (Wildman–Crippen MR) is 74.9 cm³/mol. The molecule has 3 nitrogen and oxygen atoms in total. The van der Waals surface area contributed by atoms with Crippen molar-refractivity contribution < 1.29 is 4.39 Å². The van der Waals surface area contributed by atoms with E-state index in [1.807, 2.05) is 13.8 Å². The molecule has 0 amide bonds. The minimum atomic E-state index is -0.237. The molecule has 0 aliphatic heterocycles. The van der Waals surface area contributed by atoms with Crippen LogP contribution in [-0.4, -0.2) is 9.97 Å². The van der Waals surface area contributed by atoms with E-state index in [2.05, 4.69) is 15.3 Å². The molecule has 0 saturated carbocycles. The normalized spacial score (nSPS) is 10.8. The molecule has 100 valence electrons. The van der Waals surface area contributed by atoms with Gasteiger partial charge in [0.25, 0.3) is 0 Å². The van der Waals surface area contributed by atoms with E-state index < -0.39 is 0 Å². The van der Waals surface area contributed by atoms with Crippen molar-refractivity contribution in [3.63, 3.8) is 0 Å². The number of anilines is 1. The van der Waals surface area contributed by atoms with Crippen molar-refractivity contribution in [1.82, 2.24) is 9.97 Å². The fourth-order valence-electron chi connectivity index (χ4n) is 1.61. The molecule has 2 rings (SSSR count). The molecule has 0 spiro atoms. The minimum absolute atomic E-state index is 0.188. The SMILES string of the molecule is CC(C)c1nc(Cl)cc(NCc2ccccc2F)n1. The van der Waals surface area contributed by atoms with Crippen LogP contribution in [0.15, 0.2) is 30.3 Å². The number of rotatable bonds is 4. The lowest BCUT2D eigenvalue weighted by Crippen LogP contribution is -2.06. The third kappa shape index (κ3) is 3.64. The Balaban J connectivity index is 2.14. The number of benzene rings is 1. The maximum atomic E-state index is 13.5. The summed E-state index contributed by atoms with van der Waals surface area (Å²) in [5.74, 6) is 1.22. The summed E-state index contributed by atoms with van der Waals surface area (Å²) in [6.07, 6.45) is 0. The van der Waals surface area contributed by atoms with Crippen LogP contribution in [-0.2, 0) is 6.54 Å².